The minimum atomic E-state index is -1.82. The molecule has 4 heterocycles. The molecule has 2 aliphatic heterocycles. The number of nitrogens with zero attached hydrogens (tertiary/aromatic N) is 6. The first kappa shape index (κ1) is 42.0. The van der Waals surface area contributed by atoms with Crippen LogP contribution in [0.2, 0.25) is 5.02 Å². The predicted molar refractivity (Wildman–Crippen MR) is 231 cm³/mol. The van der Waals surface area contributed by atoms with Crippen LogP contribution in [-0.2, 0) is 41.6 Å². The van der Waals surface area contributed by atoms with Gasteiger partial charge in [0.05, 0.1) is 69.1 Å². The first-order valence-electron chi connectivity index (χ1n) is 20.1. The normalized spacial score (nSPS) is 20.1. The summed E-state index contributed by atoms with van der Waals surface area (Å²) in [5.74, 6) is -3.54. The molecule has 64 heavy (non-hydrogen) atoms. The Morgan fingerprint density at radius 1 is 0.875 bits per heavy atom. The Bertz CT molecular complexity index is 3120. The molecule has 6 aromatic rings. The molecule has 1 saturated carbocycles. The Morgan fingerprint density at radius 2 is 1.56 bits per heavy atom. The van der Waals surface area contributed by atoms with Crippen molar-refractivity contribution in [2.24, 2.45) is 13.0 Å². The minimum absolute atomic E-state index is 0.0953. The summed E-state index contributed by atoms with van der Waals surface area (Å²) in [7, 11) is 7.34. The first-order chi connectivity index (χ1) is 30.8. The monoisotopic (exact) mass is 893 g/mol. The Morgan fingerprint density at radius 3 is 2.23 bits per heavy atom. The van der Waals surface area contributed by atoms with Crippen LogP contribution >= 0.6 is 11.6 Å². The average Bonchev–Trinajstić information content (AvgIpc) is 3.67. The number of hydrazine groups is 1. The quantitative estimate of drug-likeness (QED) is 0.138. The standard InChI is InChI=1S/C45H41ClFN7O10/c1-50-33-22-36(63-4)35(62-3)21-31(33)48-30(41(50)57)15-16-51-43(59)52-17-14-28-32(54(52)44(51)60)20-29-40(56)53(49-26-12-10-25(47)11-13-26)42(58)45(29,23-6-8-24(46)9-7-23)39(28)38-34(55)18-27(61-2)19-37(38)64-5/h6-14,18-19,21-22,29,32,39,49,55H,15-17,20H2,1-5H3/t29-,32+,39+,45+/m0/s1. The number of imide groups is 1. The van der Waals surface area contributed by atoms with Crippen LogP contribution in [0.3, 0.4) is 0 Å². The molecule has 3 aliphatic rings. The van der Waals surface area contributed by atoms with E-state index in [9.17, 15) is 23.9 Å². The van der Waals surface area contributed by atoms with Crippen LogP contribution in [0.4, 0.5) is 10.1 Å². The van der Waals surface area contributed by atoms with Gasteiger partial charge in [0.25, 0.3) is 17.4 Å². The van der Waals surface area contributed by atoms with Crippen LogP contribution in [0.15, 0.2) is 98.8 Å². The van der Waals surface area contributed by atoms with Gasteiger partial charge in [-0.25, -0.2) is 32.9 Å². The van der Waals surface area contributed by atoms with Crippen LogP contribution in [-0.4, -0.2) is 73.9 Å². The average molecular weight is 894 g/mol. The summed E-state index contributed by atoms with van der Waals surface area (Å²) in [5.41, 5.74) is 1.41. The van der Waals surface area contributed by atoms with E-state index in [1.807, 2.05) is 0 Å². The van der Waals surface area contributed by atoms with Gasteiger partial charge in [0.1, 0.15) is 28.8 Å². The van der Waals surface area contributed by atoms with E-state index in [4.69, 9.17) is 30.5 Å². The van der Waals surface area contributed by atoms with Crippen LogP contribution in [0, 0.1) is 11.7 Å². The number of fused-ring (bicyclic) bond motifs is 5. The summed E-state index contributed by atoms with van der Waals surface area (Å²) in [4.78, 5) is 77.7. The molecule has 0 radical (unpaired) electrons. The molecule has 0 spiro atoms. The maximum Gasteiger partial charge on any atom is 0.347 e. The fraction of sp³-hybridized carbons (Fsp3) is 0.289. The predicted octanol–water partition coefficient (Wildman–Crippen LogP) is 4.45. The number of amides is 2. The Balaban J connectivity index is 1.20. The number of methoxy groups -OCH3 is 4. The molecule has 330 valence electrons. The molecule has 1 aliphatic carbocycles. The second-order valence-electron chi connectivity index (χ2n) is 15.7. The number of ether oxygens (including phenoxy) is 4. The van der Waals surface area contributed by atoms with Gasteiger partial charge in [0.2, 0.25) is 0 Å². The third-order valence-corrected chi connectivity index (χ3v) is 12.9. The van der Waals surface area contributed by atoms with Gasteiger partial charge in [-0.15, -0.1) is 0 Å². The van der Waals surface area contributed by atoms with Crippen molar-refractivity contribution in [2.75, 3.05) is 33.9 Å². The van der Waals surface area contributed by atoms with E-state index in [0.29, 0.717) is 38.7 Å². The number of rotatable bonds is 11. The summed E-state index contributed by atoms with van der Waals surface area (Å²) in [6.07, 6.45) is 1.48. The number of phenols is 1. The summed E-state index contributed by atoms with van der Waals surface area (Å²) >= 11 is 6.40. The molecular weight excluding hydrogens is 853 g/mol. The Kier molecular flexibility index (Phi) is 10.4. The lowest BCUT2D eigenvalue weighted by molar-refractivity contribution is -0.138. The fourth-order valence-corrected chi connectivity index (χ4v) is 9.85. The number of nitrogens with one attached hydrogen (secondary N) is 1. The van der Waals surface area contributed by atoms with Gasteiger partial charge in [-0.1, -0.05) is 29.8 Å². The number of allylic oxidation sites excluding steroid dienone is 2. The molecule has 1 saturated heterocycles. The number of hydrogen-bond acceptors (Lipinski definition) is 12. The molecule has 9 rings (SSSR count). The van der Waals surface area contributed by atoms with Crippen LogP contribution in [0.25, 0.3) is 11.0 Å². The van der Waals surface area contributed by atoms with E-state index in [-0.39, 0.29) is 60.1 Å². The van der Waals surface area contributed by atoms with E-state index in [1.165, 1.54) is 72.7 Å². The fourth-order valence-electron chi connectivity index (χ4n) is 9.72. The SMILES string of the molecule is COc1cc(O)c([C@H]2C3=CCn4c(=O)n(CCc5nc6cc(OC)c(OC)cc6n(C)c5=O)c(=O)n4[C@@H]3C[C@H]3C(=O)N(Nc4ccc(F)cc4)C(=O)[C@@]23c2ccc(Cl)cc2)c(OC)c1. The first-order valence-corrected chi connectivity index (χ1v) is 20.5. The molecule has 4 aromatic carbocycles. The van der Waals surface area contributed by atoms with Gasteiger partial charge in [-0.2, -0.15) is 5.01 Å². The number of benzene rings is 4. The topological polar surface area (TPSA) is 190 Å². The van der Waals surface area contributed by atoms with Crippen molar-refractivity contribution >= 4 is 40.1 Å². The van der Waals surface area contributed by atoms with E-state index in [1.54, 1.807) is 55.6 Å². The zero-order valence-electron chi connectivity index (χ0n) is 35.1. The van der Waals surface area contributed by atoms with E-state index in [0.717, 1.165) is 9.58 Å². The largest absolute Gasteiger partial charge is 0.507 e. The van der Waals surface area contributed by atoms with E-state index < -0.39 is 57.9 Å². The zero-order chi connectivity index (χ0) is 45.4. The number of aryl methyl sites for hydroxylation is 2. The maximum atomic E-state index is 15.5. The zero-order valence-corrected chi connectivity index (χ0v) is 35.9. The number of aromatic hydroxyl groups is 1. The van der Waals surface area contributed by atoms with Gasteiger partial charge in [-0.05, 0) is 54.0 Å². The molecule has 17 nitrogen and oxygen atoms in total. The molecule has 2 fully saturated rings. The highest BCUT2D eigenvalue weighted by atomic mass is 35.5. The number of carbonyl (C=O) groups excluding carboxylic acids is 2. The number of anilines is 1. The number of phenolic OH excluding ortho intramolecular Hbond substituents is 1. The van der Waals surface area contributed by atoms with E-state index in [2.05, 4.69) is 10.4 Å². The summed E-state index contributed by atoms with van der Waals surface area (Å²) in [5, 5.41) is 13.2. The number of carbonyl (C=O) groups is 2. The van der Waals surface area contributed by atoms with Crippen LogP contribution in [0.5, 0.6) is 28.7 Å². The lowest BCUT2D eigenvalue weighted by atomic mass is 9.53. The lowest BCUT2D eigenvalue weighted by Crippen LogP contribution is -2.53. The van der Waals surface area contributed by atoms with E-state index >= 15 is 9.59 Å². The molecule has 4 atom stereocenters. The number of halogens is 2. The van der Waals surface area contributed by atoms with Crippen molar-refractivity contribution < 1.29 is 38.0 Å². The van der Waals surface area contributed by atoms with Crippen molar-refractivity contribution in [3.63, 3.8) is 0 Å². The lowest BCUT2D eigenvalue weighted by Gasteiger charge is -2.49. The van der Waals surface area contributed by atoms with Gasteiger partial charge in [-0.3, -0.25) is 19.8 Å². The molecular formula is C45H41ClFN7O10. The summed E-state index contributed by atoms with van der Waals surface area (Å²) in [6.45, 7) is -0.365. The third kappa shape index (κ3) is 6.25. The Labute approximate surface area is 368 Å². The second kappa shape index (κ2) is 15.8. The molecule has 2 N–H and O–H groups in total. The van der Waals surface area contributed by atoms with Crippen molar-refractivity contribution in [3.8, 4) is 28.7 Å². The smallest absolute Gasteiger partial charge is 0.347 e. The number of aromatic nitrogens is 5. The van der Waals surface area contributed by atoms with Crippen molar-refractivity contribution in [3.05, 3.63) is 143 Å². The van der Waals surface area contributed by atoms with Crippen LogP contribution < -0.4 is 41.3 Å². The summed E-state index contributed by atoms with van der Waals surface area (Å²) in [6, 6.07) is 16.7. The third-order valence-electron chi connectivity index (χ3n) is 12.7. The molecule has 2 aromatic heterocycles. The molecule has 0 bridgehead atoms. The van der Waals surface area contributed by atoms with Gasteiger partial charge >= 0.3 is 11.4 Å². The van der Waals surface area contributed by atoms with Gasteiger partial charge in [0, 0.05) is 60.8 Å². The van der Waals surface area contributed by atoms with Crippen molar-refractivity contribution in [1.29, 1.82) is 0 Å². The summed E-state index contributed by atoms with van der Waals surface area (Å²) < 4.78 is 41.2. The highest BCUT2D eigenvalue weighted by Gasteiger charge is 2.69. The highest BCUT2D eigenvalue weighted by Crippen LogP contribution is 2.64. The van der Waals surface area contributed by atoms with Crippen LogP contribution in [0.1, 0.15) is 35.2 Å². The van der Waals surface area contributed by atoms with Gasteiger partial charge in [0.15, 0.2) is 11.5 Å². The number of hydrogen-bond donors (Lipinski definition) is 2. The molecule has 0 unspecified atom stereocenters. The molecule has 2 amide bonds. The Hall–Kier alpha value is -7.34. The highest BCUT2D eigenvalue weighted by molar-refractivity contribution is 6.30. The van der Waals surface area contributed by atoms with Crippen molar-refractivity contribution in [2.45, 2.75) is 43.3 Å². The maximum absolute atomic E-state index is 15.5. The van der Waals surface area contributed by atoms with Gasteiger partial charge < -0.3 is 28.6 Å². The van der Waals surface area contributed by atoms with Crippen molar-refractivity contribution in [1.82, 2.24) is 28.5 Å². The second-order valence-corrected chi connectivity index (χ2v) is 16.1. The minimum Gasteiger partial charge on any atom is -0.507 e. The molecule has 19 heteroatoms.